The van der Waals surface area contributed by atoms with Crippen LogP contribution in [0.3, 0.4) is 0 Å². The molecule has 1 heterocycles. The fourth-order valence-corrected chi connectivity index (χ4v) is 3.92. The van der Waals surface area contributed by atoms with Crippen molar-refractivity contribution in [2.45, 2.75) is 4.90 Å². The number of aromatic nitrogens is 1. The minimum Gasteiger partial charge on any atom is -0.451 e. The first-order chi connectivity index (χ1) is 15.6. The van der Waals surface area contributed by atoms with E-state index in [1.165, 1.54) is 43.1 Å². The summed E-state index contributed by atoms with van der Waals surface area (Å²) in [6.07, 6.45) is 1.25. The molecule has 0 aliphatic rings. The van der Waals surface area contributed by atoms with Crippen molar-refractivity contribution in [1.82, 2.24) is 9.29 Å². The highest BCUT2D eigenvalue weighted by Crippen LogP contribution is 2.24. The Morgan fingerprint density at radius 2 is 1.76 bits per heavy atom. The van der Waals surface area contributed by atoms with Crippen molar-refractivity contribution in [2.24, 2.45) is 7.05 Å². The average Bonchev–Trinajstić information content (AvgIpc) is 3.21. The number of esters is 1. The third-order valence-corrected chi connectivity index (χ3v) is 6.26. The lowest BCUT2D eigenvalue weighted by Gasteiger charge is -2.11. The van der Waals surface area contributed by atoms with Crippen LogP contribution in [0.5, 0.6) is 0 Å². The van der Waals surface area contributed by atoms with Crippen molar-refractivity contribution >= 4 is 45.0 Å². The van der Waals surface area contributed by atoms with Crippen molar-refractivity contribution in [3.8, 4) is 0 Å². The molecule has 1 aromatic heterocycles. The van der Waals surface area contributed by atoms with Crippen molar-refractivity contribution in [3.05, 3.63) is 82.6 Å². The molecule has 0 radical (unpaired) electrons. The minimum atomic E-state index is -3.75. The van der Waals surface area contributed by atoms with Crippen LogP contribution in [0.25, 0.3) is 0 Å². The number of sulfonamides is 1. The summed E-state index contributed by atoms with van der Waals surface area (Å²) in [6.45, 7) is -0.653. The molecule has 1 amide bonds. The molecule has 0 aliphatic heterocycles. The first kappa shape index (κ1) is 24.2. The summed E-state index contributed by atoms with van der Waals surface area (Å²) in [7, 11) is -1.02. The maximum atomic E-state index is 12.8. The number of nitrogens with one attached hydrogen (secondary N) is 2. The number of carbonyl (C=O) groups is 3. The van der Waals surface area contributed by atoms with Crippen LogP contribution in [-0.4, -0.2) is 44.3 Å². The zero-order valence-electron chi connectivity index (χ0n) is 17.7. The molecule has 0 bridgehead atoms. The molecule has 0 spiro atoms. The molecule has 33 heavy (non-hydrogen) atoms. The van der Waals surface area contributed by atoms with Gasteiger partial charge >= 0.3 is 5.97 Å². The highest BCUT2D eigenvalue weighted by molar-refractivity contribution is 7.89. The molecule has 0 fully saturated rings. The first-order valence-electron chi connectivity index (χ1n) is 9.58. The van der Waals surface area contributed by atoms with Crippen LogP contribution in [0.1, 0.15) is 26.4 Å². The van der Waals surface area contributed by atoms with E-state index in [2.05, 4.69) is 10.0 Å². The molecule has 3 aromatic rings. The third kappa shape index (κ3) is 5.67. The monoisotopic (exact) mass is 489 g/mol. The van der Waals surface area contributed by atoms with E-state index in [0.717, 1.165) is 6.07 Å². The second kappa shape index (κ2) is 9.99. The number of benzene rings is 2. The maximum Gasteiger partial charge on any atom is 0.355 e. The SMILES string of the molecule is CNS(=O)(=O)c1cc(C(=O)OCC(=O)Nc2ccc(Cl)cc2C(=O)c2ccccc2)n(C)c1. The number of anilines is 1. The number of ketones is 1. The number of carbonyl (C=O) groups excluding carboxylic acids is 3. The van der Waals surface area contributed by atoms with Crippen LogP contribution in [0.2, 0.25) is 5.02 Å². The summed E-state index contributed by atoms with van der Waals surface area (Å²) in [5.74, 6) is -1.92. The van der Waals surface area contributed by atoms with Crippen LogP contribution in [0.4, 0.5) is 5.69 Å². The number of ether oxygens (including phenoxy) is 1. The van der Waals surface area contributed by atoms with Gasteiger partial charge in [-0.25, -0.2) is 17.9 Å². The van der Waals surface area contributed by atoms with Crippen LogP contribution in [0, 0.1) is 0 Å². The van der Waals surface area contributed by atoms with Gasteiger partial charge < -0.3 is 14.6 Å². The van der Waals surface area contributed by atoms with E-state index < -0.39 is 28.5 Å². The zero-order chi connectivity index (χ0) is 24.2. The maximum absolute atomic E-state index is 12.8. The van der Waals surface area contributed by atoms with Gasteiger partial charge in [0.05, 0.1) is 5.69 Å². The Kier molecular flexibility index (Phi) is 7.32. The molecule has 0 saturated heterocycles. The fraction of sp³-hybridized carbons (Fsp3) is 0.136. The predicted molar refractivity (Wildman–Crippen MR) is 122 cm³/mol. The Balaban J connectivity index is 1.71. The average molecular weight is 490 g/mol. The number of rotatable bonds is 8. The van der Waals surface area contributed by atoms with Gasteiger partial charge in [0.2, 0.25) is 10.0 Å². The van der Waals surface area contributed by atoms with E-state index in [4.69, 9.17) is 16.3 Å². The van der Waals surface area contributed by atoms with Crippen LogP contribution in [-0.2, 0) is 26.6 Å². The number of aryl methyl sites for hydroxylation is 1. The molecular formula is C22H20ClN3O6S. The number of hydrogen-bond donors (Lipinski definition) is 2. The van der Waals surface area contributed by atoms with Gasteiger partial charge in [0.1, 0.15) is 10.6 Å². The molecule has 0 aliphatic carbocycles. The van der Waals surface area contributed by atoms with Gasteiger partial charge in [0.25, 0.3) is 5.91 Å². The van der Waals surface area contributed by atoms with Gasteiger partial charge in [-0.05, 0) is 31.3 Å². The smallest absolute Gasteiger partial charge is 0.355 e. The number of hydrogen-bond acceptors (Lipinski definition) is 6. The molecule has 9 nitrogen and oxygen atoms in total. The molecule has 2 N–H and O–H groups in total. The lowest BCUT2D eigenvalue weighted by Crippen LogP contribution is -2.23. The fourth-order valence-electron chi connectivity index (χ4n) is 2.95. The molecule has 0 saturated carbocycles. The van der Waals surface area contributed by atoms with Gasteiger partial charge in [-0.15, -0.1) is 0 Å². The van der Waals surface area contributed by atoms with Gasteiger partial charge in [0, 0.05) is 29.4 Å². The second-order valence-electron chi connectivity index (χ2n) is 6.89. The summed E-state index contributed by atoms with van der Waals surface area (Å²) in [5, 5.41) is 2.85. The van der Waals surface area contributed by atoms with Gasteiger partial charge in [-0.3, -0.25) is 9.59 Å². The van der Waals surface area contributed by atoms with Crippen molar-refractivity contribution in [1.29, 1.82) is 0 Å². The largest absolute Gasteiger partial charge is 0.451 e. The Labute approximate surface area is 195 Å². The third-order valence-electron chi connectivity index (χ3n) is 4.64. The van der Waals surface area contributed by atoms with E-state index in [9.17, 15) is 22.8 Å². The Morgan fingerprint density at radius 1 is 1.06 bits per heavy atom. The standard InChI is InChI=1S/C22H20ClN3O6S/c1-24-33(30,31)16-11-19(26(2)12-16)22(29)32-13-20(27)25-18-9-8-15(23)10-17(18)21(28)14-6-4-3-5-7-14/h3-12,24H,13H2,1-2H3,(H,25,27). The normalized spacial score (nSPS) is 11.1. The molecule has 172 valence electrons. The molecule has 11 heteroatoms. The first-order valence-corrected chi connectivity index (χ1v) is 11.4. The molecule has 0 unspecified atom stereocenters. The molecule has 2 aromatic carbocycles. The summed E-state index contributed by atoms with van der Waals surface area (Å²) < 4.78 is 32.2. The van der Waals surface area contributed by atoms with Gasteiger partial charge in [-0.1, -0.05) is 41.9 Å². The second-order valence-corrected chi connectivity index (χ2v) is 9.21. The van der Waals surface area contributed by atoms with E-state index in [1.807, 2.05) is 0 Å². The number of halogens is 1. The summed E-state index contributed by atoms with van der Waals surface area (Å²) in [5.41, 5.74) is 0.745. The van der Waals surface area contributed by atoms with Crippen LogP contribution < -0.4 is 10.0 Å². The van der Waals surface area contributed by atoms with Crippen molar-refractivity contribution < 1.29 is 27.5 Å². The number of nitrogens with zero attached hydrogens (tertiary/aromatic N) is 1. The summed E-state index contributed by atoms with van der Waals surface area (Å²) in [4.78, 5) is 37.5. The Bertz CT molecular complexity index is 1320. The van der Waals surface area contributed by atoms with Crippen LogP contribution in [0.15, 0.2) is 65.7 Å². The van der Waals surface area contributed by atoms with Crippen LogP contribution >= 0.6 is 11.6 Å². The van der Waals surface area contributed by atoms with E-state index in [1.54, 1.807) is 30.3 Å². The summed E-state index contributed by atoms with van der Waals surface area (Å²) >= 11 is 6.03. The zero-order valence-corrected chi connectivity index (χ0v) is 19.2. The van der Waals surface area contributed by atoms with E-state index >= 15 is 0 Å². The van der Waals surface area contributed by atoms with Crippen molar-refractivity contribution in [2.75, 3.05) is 19.0 Å². The van der Waals surface area contributed by atoms with E-state index in [-0.39, 0.29) is 27.6 Å². The summed E-state index contributed by atoms with van der Waals surface area (Å²) in [6, 6.07) is 14.0. The Morgan fingerprint density at radius 3 is 2.42 bits per heavy atom. The highest BCUT2D eigenvalue weighted by Gasteiger charge is 2.21. The molecule has 0 atom stereocenters. The van der Waals surface area contributed by atoms with Gasteiger partial charge in [0.15, 0.2) is 12.4 Å². The van der Waals surface area contributed by atoms with Crippen molar-refractivity contribution in [3.63, 3.8) is 0 Å². The van der Waals surface area contributed by atoms with Gasteiger partial charge in [-0.2, -0.15) is 0 Å². The van der Waals surface area contributed by atoms with E-state index in [0.29, 0.717) is 10.6 Å². The quantitative estimate of drug-likeness (QED) is 0.370. The molecular weight excluding hydrogens is 470 g/mol. The topological polar surface area (TPSA) is 124 Å². The predicted octanol–water partition coefficient (Wildman–Crippen LogP) is 2.61. The Hall–Kier alpha value is -3.47. The lowest BCUT2D eigenvalue weighted by molar-refractivity contribution is -0.119. The molecule has 3 rings (SSSR count). The lowest BCUT2D eigenvalue weighted by atomic mass is 10.0. The minimum absolute atomic E-state index is 0.0527. The highest BCUT2D eigenvalue weighted by atomic mass is 35.5. The number of amides is 1.